The normalized spacial score (nSPS) is 14.6. The molecule has 1 nitrogen and oxygen atoms in total. The highest BCUT2D eigenvalue weighted by Gasteiger charge is 2.25. The van der Waals surface area contributed by atoms with E-state index < -0.39 is 5.60 Å². The Morgan fingerprint density at radius 2 is 2.00 bits per heavy atom. The molecule has 0 aliphatic heterocycles. The van der Waals surface area contributed by atoms with Crippen molar-refractivity contribution < 1.29 is 5.11 Å². The largest absolute Gasteiger partial charge is 0.385 e. The summed E-state index contributed by atoms with van der Waals surface area (Å²) in [5.74, 6) is 0. The van der Waals surface area contributed by atoms with E-state index >= 15 is 0 Å². The summed E-state index contributed by atoms with van der Waals surface area (Å²) in [6.45, 7) is 6.01. The lowest BCUT2D eigenvalue weighted by atomic mass is 9.87. The minimum Gasteiger partial charge on any atom is -0.385 e. The third-order valence-corrected chi connectivity index (χ3v) is 3.95. The van der Waals surface area contributed by atoms with Gasteiger partial charge in [0.15, 0.2) is 0 Å². The maximum atomic E-state index is 10.7. The Kier molecular flexibility index (Phi) is 3.36. The number of rotatable bonds is 3. The minimum absolute atomic E-state index is 0.676. The molecule has 0 radical (unpaired) electrons. The summed E-state index contributed by atoms with van der Waals surface area (Å²) < 4.78 is 0. The van der Waals surface area contributed by atoms with Crippen molar-refractivity contribution in [1.29, 1.82) is 0 Å². The molecular weight excluding hydrogens is 228 g/mol. The van der Waals surface area contributed by atoms with E-state index in [0.717, 1.165) is 11.1 Å². The van der Waals surface area contributed by atoms with Crippen molar-refractivity contribution in [2.24, 2.45) is 0 Å². The zero-order valence-corrected chi connectivity index (χ0v) is 11.3. The van der Waals surface area contributed by atoms with Crippen molar-refractivity contribution in [2.45, 2.75) is 32.8 Å². The average molecular weight is 246 g/mol. The summed E-state index contributed by atoms with van der Waals surface area (Å²) in [5, 5.41) is 12.7. The van der Waals surface area contributed by atoms with Gasteiger partial charge in [0, 0.05) is 11.3 Å². The summed E-state index contributed by atoms with van der Waals surface area (Å²) in [6.07, 6.45) is 0.676. The molecule has 0 amide bonds. The highest BCUT2D eigenvalue weighted by atomic mass is 32.1. The van der Waals surface area contributed by atoms with Gasteiger partial charge in [-0.1, -0.05) is 29.8 Å². The minimum atomic E-state index is -0.791. The standard InChI is InChI=1S/C15H18OS/c1-11-6-7-12(2)14(9-11)15(3,16)10-13-5-4-8-17-13/h4-9,16H,10H2,1-3H3. The van der Waals surface area contributed by atoms with E-state index in [9.17, 15) is 5.11 Å². The molecule has 1 atom stereocenters. The van der Waals surface area contributed by atoms with Gasteiger partial charge in [-0.3, -0.25) is 0 Å². The fraction of sp³-hybridized carbons (Fsp3) is 0.333. The highest BCUT2D eigenvalue weighted by Crippen LogP contribution is 2.30. The topological polar surface area (TPSA) is 20.2 Å². The quantitative estimate of drug-likeness (QED) is 0.873. The van der Waals surface area contributed by atoms with Gasteiger partial charge in [-0.15, -0.1) is 11.3 Å². The first-order chi connectivity index (χ1) is 7.99. The maximum absolute atomic E-state index is 10.7. The monoisotopic (exact) mass is 246 g/mol. The Balaban J connectivity index is 2.33. The molecule has 1 aromatic heterocycles. The van der Waals surface area contributed by atoms with Gasteiger partial charge in [-0.05, 0) is 43.3 Å². The Morgan fingerprint density at radius 1 is 1.24 bits per heavy atom. The van der Waals surface area contributed by atoms with Crippen LogP contribution in [-0.2, 0) is 12.0 Å². The number of hydrogen-bond donors (Lipinski definition) is 1. The zero-order valence-electron chi connectivity index (χ0n) is 10.5. The van der Waals surface area contributed by atoms with Gasteiger partial charge in [0.05, 0.1) is 5.60 Å². The second kappa shape index (κ2) is 4.63. The molecule has 0 saturated heterocycles. The van der Waals surface area contributed by atoms with E-state index in [1.165, 1.54) is 10.4 Å². The highest BCUT2D eigenvalue weighted by molar-refractivity contribution is 7.09. The van der Waals surface area contributed by atoms with Crippen LogP contribution in [0.5, 0.6) is 0 Å². The van der Waals surface area contributed by atoms with E-state index in [1.807, 2.05) is 13.0 Å². The van der Waals surface area contributed by atoms with Crippen molar-refractivity contribution in [3.05, 3.63) is 57.3 Å². The third kappa shape index (κ3) is 2.76. The van der Waals surface area contributed by atoms with Crippen LogP contribution in [-0.4, -0.2) is 5.11 Å². The summed E-state index contributed by atoms with van der Waals surface area (Å²) in [5.41, 5.74) is 2.58. The third-order valence-electron chi connectivity index (χ3n) is 3.07. The summed E-state index contributed by atoms with van der Waals surface area (Å²) >= 11 is 1.69. The van der Waals surface area contributed by atoms with Crippen LogP contribution >= 0.6 is 11.3 Å². The van der Waals surface area contributed by atoms with E-state index in [1.54, 1.807) is 11.3 Å². The van der Waals surface area contributed by atoms with Crippen molar-refractivity contribution in [1.82, 2.24) is 0 Å². The predicted octanol–water partition coefficient (Wildman–Crippen LogP) is 3.82. The molecule has 90 valence electrons. The first kappa shape index (κ1) is 12.3. The van der Waals surface area contributed by atoms with Crippen LogP contribution in [0.1, 0.15) is 28.5 Å². The zero-order chi connectivity index (χ0) is 12.5. The molecule has 1 heterocycles. The van der Waals surface area contributed by atoms with Crippen LogP contribution in [0.25, 0.3) is 0 Å². The molecule has 0 spiro atoms. The molecule has 0 saturated carbocycles. The van der Waals surface area contributed by atoms with E-state index in [2.05, 4.69) is 43.5 Å². The first-order valence-corrected chi connectivity index (χ1v) is 6.69. The molecule has 0 bridgehead atoms. The molecule has 1 aromatic carbocycles. The lowest BCUT2D eigenvalue weighted by Gasteiger charge is -2.25. The lowest BCUT2D eigenvalue weighted by molar-refractivity contribution is 0.0578. The second-order valence-electron chi connectivity index (χ2n) is 4.85. The van der Waals surface area contributed by atoms with Gasteiger partial charge in [0.2, 0.25) is 0 Å². The number of aryl methyl sites for hydroxylation is 2. The second-order valence-corrected chi connectivity index (χ2v) is 5.88. The van der Waals surface area contributed by atoms with E-state index in [-0.39, 0.29) is 0 Å². The Bertz CT molecular complexity index is 498. The van der Waals surface area contributed by atoms with E-state index in [0.29, 0.717) is 6.42 Å². The SMILES string of the molecule is Cc1ccc(C)c(C(C)(O)Cc2cccs2)c1. The van der Waals surface area contributed by atoms with Crippen LogP contribution in [0.2, 0.25) is 0 Å². The van der Waals surface area contributed by atoms with Gasteiger partial charge in [0.25, 0.3) is 0 Å². The molecular formula is C15H18OS. The van der Waals surface area contributed by atoms with Gasteiger partial charge in [0.1, 0.15) is 0 Å². The molecule has 2 rings (SSSR count). The average Bonchev–Trinajstić information content (AvgIpc) is 2.73. The Hall–Kier alpha value is -1.12. The summed E-state index contributed by atoms with van der Waals surface area (Å²) in [6, 6.07) is 10.3. The number of hydrogen-bond acceptors (Lipinski definition) is 2. The number of benzene rings is 1. The molecule has 2 aromatic rings. The van der Waals surface area contributed by atoms with Gasteiger partial charge >= 0.3 is 0 Å². The molecule has 0 aliphatic rings. The van der Waals surface area contributed by atoms with Crippen LogP contribution < -0.4 is 0 Å². The molecule has 17 heavy (non-hydrogen) atoms. The smallest absolute Gasteiger partial charge is 0.0919 e. The summed E-state index contributed by atoms with van der Waals surface area (Å²) in [7, 11) is 0. The van der Waals surface area contributed by atoms with Crippen molar-refractivity contribution in [2.75, 3.05) is 0 Å². The summed E-state index contributed by atoms with van der Waals surface area (Å²) in [4.78, 5) is 1.22. The maximum Gasteiger partial charge on any atom is 0.0919 e. The van der Waals surface area contributed by atoms with Crippen LogP contribution in [0.15, 0.2) is 35.7 Å². The lowest BCUT2D eigenvalue weighted by Crippen LogP contribution is -2.25. The number of thiophene rings is 1. The molecule has 0 aliphatic carbocycles. The Morgan fingerprint density at radius 3 is 2.65 bits per heavy atom. The van der Waals surface area contributed by atoms with Crippen molar-refractivity contribution in [3.63, 3.8) is 0 Å². The number of aliphatic hydroxyl groups is 1. The van der Waals surface area contributed by atoms with Crippen LogP contribution in [0, 0.1) is 13.8 Å². The fourth-order valence-electron chi connectivity index (χ4n) is 2.16. The molecule has 1 N–H and O–H groups in total. The predicted molar refractivity (Wildman–Crippen MR) is 73.5 cm³/mol. The van der Waals surface area contributed by atoms with Gasteiger partial charge < -0.3 is 5.11 Å². The van der Waals surface area contributed by atoms with Crippen LogP contribution in [0.3, 0.4) is 0 Å². The fourth-order valence-corrected chi connectivity index (χ4v) is 3.02. The molecule has 2 heteroatoms. The first-order valence-electron chi connectivity index (χ1n) is 5.81. The van der Waals surface area contributed by atoms with E-state index in [4.69, 9.17) is 0 Å². The van der Waals surface area contributed by atoms with Crippen molar-refractivity contribution >= 4 is 11.3 Å². The molecule has 0 fully saturated rings. The van der Waals surface area contributed by atoms with Gasteiger partial charge in [-0.25, -0.2) is 0 Å². The van der Waals surface area contributed by atoms with Gasteiger partial charge in [-0.2, -0.15) is 0 Å². The van der Waals surface area contributed by atoms with Crippen molar-refractivity contribution in [3.8, 4) is 0 Å². The Labute approximate surface area is 107 Å². The molecule has 1 unspecified atom stereocenters. The van der Waals surface area contributed by atoms with Crippen LogP contribution in [0.4, 0.5) is 0 Å².